The maximum Gasteiger partial charge on any atom is 0.311 e. The number of cyclic esters (lactones) is 1. The topological polar surface area (TPSA) is 414 Å². The minimum atomic E-state index is -1.98. The quantitative estimate of drug-likeness (QED) is 0.0350. The molecule has 6 aliphatic rings. The van der Waals surface area contributed by atoms with Gasteiger partial charge in [-0.15, -0.1) is 0 Å². The van der Waals surface area contributed by atoms with Crippen LogP contribution in [0.3, 0.4) is 0 Å². The fourth-order valence-electron chi connectivity index (χ4n) is 18.3. The Kier molecular flexibility index (Phi) is 31.2. The molecule has 31 heteroatoms. The number of fused-ring (bicyclic) bond motifs is 2. The second-order valence-corrected chi connectivity index (χ2v) is 35.9. The number of methoxy groups -OCH3 is 3. The highest BCUT2D eigenvalue weighted by atomic mass is 16.7. The standard InChI is InChI=1S/C51H64N4O13.C38H69NO13/c1-24(2)23-54-16-18-55(19-17-54)32-21-33(57)39-35(22-32)67-48-40(52-39)36-37-44(60)30(8)47-38(36)49(62)51(10,68-47)65-20-15-34(64-11)27(5)46(66-31(9)56)29(7)43(59)28(6)42(58)25(3)13-12-14-26(4)50(63)53-41(48)45(37)61;1-15-26-38(10,45)31(42)21(4)28(40)19(2)17-37(9,47-14)33(52-35-29(41)25(39(11)12)16-20(3)48-35)22(5)30(23(6)34(44)50-26)51-27-18-36(8,46-13)32(43)24(7)49-27/h12-15,20-22,24-25,27-29,34,42-43,46,58-60,62H,16-19,23H2,1-11H3,(H,53,63);19-27,29-33,35,41-43,45H,15-18H2,1-14H3/b13-12+,20-15+,26-14-;/t25-,27+,28+,29+,34-,42-,43+,46+,51-;19-,20-,21+,22+,23-,24+,25+,26-,27+,29-,30+,31-,32+,33-,35+,36-,37-,38-/m01/s1. The molecule has 9 N–H and O–H groups in total. The lowest BCUT2D eigenvalue weighted by molar-refractivity contribution is -0.319. The number of Topliss-reactive ketones (excluding diaryl/α,β-unsaturated/α-hetero) is 1. The van der Waals surface area contributed by atoms with E-state index in [0.717, 1.165) is 19.6 Å². The first-order valence-electron chi connectivity index (χ1n) is 42.1. The fourth-order valence-corrected chi connectivity index (χ4v) is 18.3. The second kappa shape index (κ2) is 38.8. The lowest BCUT2D eigenvalue weighted by Gasteiger charge is -2.50. The molecular weight excluding hydrogens is 1550 g/mol. The van der Waals surface area contributed by atoms with Gasteiger partial charge in [0.2, 0.25) is 10.9 Å². The van der Waals surface area contributed by atoms with E-state index >= 15 is 0 Å². The molecule has 4 aromatic rings. The van der Waals surface area contributed by atoms with Crippen LogP contribution in [0.5, 0.6) is 11.5 Å². The molecule has 3 aromatic carbocycles. The van der Waals surface area contributed by atoms with Gasteiger partial charge in [-0.2, -0.15) is 0 Å². The van der Waals surface area contributed by atoms with E-state index in [2.05, 4.69) is 29.0 Å². The Balaban J connectivity index is 0.000000284. The largest absolute Gasteiger partial charge is 0.507 e. The Morgan fingerprint density at radius 2 is 1.41 bits per heavy atom. The molecule has 0 spiro atoms. The van der Waals surface area contributed by atoms with Crippen molar-refractivity contribution in [3.8, 4) is 11.5 Å². The predicted octanol–water partition coefficient (Wildman–Crippen LogP) is 7.78. The number of ketones is 1. The molecule has 0 aliphatic carbocycles. The first-order chi connectivity index (χ1) is 56.1. The van der Waals surface area contributed by atoms with Crippen LogP contribution in [0, 0.1) is 60.2 Å². The first kappa shape index (κ1) is 96.5. The average Bonchev–Trinajstić information content (AvgIpc) is 1.35. The van der Waals surface area contributed by atoms with Crippen molar-refractivity contribution in [1.29, 1.82) is 0 Å². The van der Waals surface area contributed by atoms with E-state index in [4.69, 9.17) is 61.5 Å². The zero-order valence-electron chi connectivity index (χ0n) is 74.5. The van der Waals surface area contributed by atoms with Gasteiger partial charge >= 0.3 is 17.7 Å². The summed E-state index contributed by atoms with van der Waals surface area (Å²) in [4.78, 5) is 94.8. The number of aromatic hydroxyl groups is 1. The Labute approximate surface area is 703 Å². The number of anilines is 2. The smallest absolute Gasteiger partial charge is 0.311 e. The minimum absolute atomic E-state index is 0.0390. The molecule has 4 saturated heterocycles. The van der Waals surface area contributed by atoms with Gasteiger partial charge in [0.1, 0.15) is 58.5 Å². The number of carbonyl (C=O) groups excluding carboxylic acids is 4. The third kappa shape index (κ3) is 19.9. The van der Waals surface area contributed by atoms with Crippen LogP contribution in [0.2, 0.25) is 0 Å². The molecule has 0 radical (unpaired) electrons. The van der Waals surface area contributed by atoms with Crippen molar-refractivity contribution in [1.82, 2.24) is 14.8 Å². The number of amides is 1. The van der Waals surface area contributed by atoms with E-state index < -0.39 is 190 Å². The Morgan fingerprint density at radius 1 is 0.758 bits per heavy atom. The highest BCUT2D eigenvalue weighted by molar-refractivity contribution is 6.17. The van der Waals surface area contributed by atoms with E-state index in [-0.39, 0.29) is 98.0 Å². The third-order valence-corrected chi connectivity index (χ3v) is 26.0. The number of hydrogen-bond acceptors (Lipinski definition) is 30. The number of aliphatic hydroxyl groups excluding tert-OH is 6. The normalized spacial score (nSPS) is 38.0. The van der Waals surface area contributed by atoms with Crippen LogP contribution >= 0.6 is 0 Å². The highest BCUT2D eigenvalue weighted by Crippen LogP contribution is 2.46. The molecule has 4 bridgehead atoms. The number of nitrogens with zero attached hydrogens (tertiary/aromatic N) is 4. The SMILES string of the molecule is CC[C@H]1OC(=O)[C@H](C)[C@@H](O[C@H]2C[C@@](C)(OC)[C@@H](O)[C@H](C)O2)[C@H](C)[C@@H](O[C@@H]2O[C@H](C)C[C@H](N(C)C)[C@H]2O)[C@](C)(OC)C[C@@H](C)C(=O)[C@H](C)[C@@H](O)[C@]1(C)O.CO[C@H]1/C=C/O[C@@]2(C)Oc3c(C)c(O)c4c(=O)c(c5oc6cc(N7CCN(CC(C)C)CC7)cc(=O)c6nc5c4c3=C2O)NC(=O)/C(C)=C\C=C\[C@H](C)[C@H](O)[C@@H](C)[C@@H](O)[C@@H](C)[C@H](OC(C)=O)[C@@H]1C. The van der Waals surface area contributed by atoms with E-state index in [9.17, 15) is 69.6 Å². The van der Waals surface area contributed by atoms with Crippen LogP contribution < -0.4 is 31.0 Å². The number of benzene rings is 3. The Bertz CT molecular complexity index is 4600. The molecular formula is C89H133N5O26. The zero-order valence-corrected chi connectivity index (χ0v) is 74.5. The molecule has 120 heavy (non-hydrogen) atoms. The number of ether oxygens (including phenoxy) is 11. The molecule has 4 fully saturated rings. The maximum atomic E-state index is 14.9. The van der Waals surface area contributed by atoms with Crippen molar-refractivity contribution < 1.29 is 117 Å². The van der Waals surface area contributed by atoms with Gasteiger partial charge in [0.15, 0.2) is 35.0 Å². The number of nitrogens with one attached hydrogen (secondary N) is 1. The van der Waals surface area contributed by atoms with Crippen molar-refractivity contribution in [2.75, 3.05) is 78.4 Å². The van der Waals surface area contributed by atoms with Gasteiger partial charge in [0.05, 0.1) is 82.8 Å². The van der Waals surface area contributed by atoms with Crippen molar-refractivity contribution >= 4 is 73.7 Å². The number of hydrogen-bond donors (Lipinski definition) is 9. The summed E-state index contributed by atoms with van der Waals surface area (Å²) in [7, 11) is 8.21. The van der Waals surface area contributed by atoms with Gasteiger partial charge in [0.25, 0.3) is 5.91 Å². The second-order valence-electron chi connectivity index (χ2n) is 35.9. The van der Waals surface area contributed by atoms with Crippen LogP contribution in [-0.2, 0) is 66.5 Å². The summed E-state index contributed by atoms with van der Waals surface area (Å²) in [5.41, 5.74) is -5.59. The molecule has 0 saturated carbocycles. The summed E-state index contributed by atoms with van der Waals surface area (Å²) in [6.07, 6.45) is -5.16. The number of phenolic OH excluding ortho intramolecular Hbond substituents is 1. The number of allylic oxidation sites excluding steroid dienone is 2. The number of aromatic nitrogens is 1. The minimum Gasteiger partial charge on any atom is -0.507 e. The summed E-state index contributed by atoms with van der Waals surface area (Å²) in [5.74, 6) is -10.9. The van der Waals surface area contributed by atoms with Gasteiger partial charge in [-0.25, -0.2) is 4.98 Å². The van der Waals surface area contributed by atoms with Gasteiger partial charge in [-0.05, 0) is 101 Å². The van der Waals surface area contributed by atoms with Crippen LogP contribution in [0.15, 0.2) is 62.3 Å². The van der Waals surface area contributed by atoms with Gasteiger partial charge in [-0.3, -0.25) is 33.7 Å². The van der Waals surface area contributed by atoms with Crippen LogP contribution in [0.25, 0.3) is 38.7 Å². The molecule has 1 aromatic heterocycles. The Hall–Kier alpha value is -7.31. The summed E-state index contributed by atoms with van der Waals surface area (Å²) in [6.45, 7) is 37.9. The number of esters is 2. The number of rotatable bonds is 13. The summed E-state index contributed by atoms with van der Waals surface area (Å²) in [6, 6.07) is 2.87. The number of likely N-dealkylation sites (N-methyl/N-ethyl adjacent to an activating group) is 1. The molecule has 670 valence electrons. The van der Waals surface area contributed by atoms with Crippen LogP contribution in [0.4, 0.5) is 11.4 Å². The molecule has 10 rings (SSSR count). The first-order valence-corrected chi connectivity index (χ1v) is 42.1. The number of phenols is 1. The van der Waals surface area contributed by atoms with Crippen molar-refractivity contribution in [3.63, 3.8) is 0 Å². The fraction of sp³-hybridized carbons (Fsp3) is 0.697. The summed E-state index contributed by atoms with van der Waals surface area (Å²) >= 11 is 0. The molecule has 27 atom stereocenters. The summed E-state index contributed by atoms with van der Waals surface area (Å²) in [5, 5.41) is 94.9. The molecule has 1 amide bonds. The molecule has 6 aliphatic heterocycles. The zero-order chi connectivity index (χ0) is 89.3. The van der Waals surface area contributed by atoms with Crippen molar-refractivity contribution in [2.45, 2.75) is 279 Å². The van der Waals surface area contributed by atoms with E-state index in [0.29, 0.717) is 31.1 Å². The van der Waals surface area contributed by atoms with Crippen LogP contribution in [0.1, 0.15) is 163 Å². The summed E-state index contributed by atoms with van der Waals surface area (Å²) < 4.78 is 74.4. The molecule has 31 nitrogen and oxygen atoms in total. The average molecular weight is 1690 g/mol. The van der Waals surface area contributed by atoms with Crippen molar-refractivity contribution in [2.24, 2.45) is 53.3 Å². The van der Waals surface area contributed by atoms with E-state index in [1.165, 1.54) is 80.4 Å². The number of carbonyl (C=O) groups is 4. The Morgan fingerprint density at radius 3 is 2.01 bits per heavy atom. The van der Waals surface area contributed by atoms with Crippen LogP contribution in [-0.4, -0.2) is 262 Å². The highest BCUT2D eigenvalue weighted by Gasteiger charge is 2.55. The van der Waals surface area contributed by atoms with Gasteiger partial charge in [0, 0.05) is 156 Å². The lowest BCUT2D eigenvalue weighted by Crippen LogP contribution is -2.61. The molecule has 7 heterocycles. The van der Waals surface area contributed by atoms with Crippen molar-refractivity contribution in [3.05, 3.63) is 79.5 Å². The van der Waals surface area contributed by atoms with Gasteiger partial charge in [-0.1, -0.05) is 87.5 Å². The van der Waals surface area contributed by atoms with E-state index in [1.807, 2.05) is 32.8 Å². The van der Waals surface area contributed by atoms with Gasteiger partial charge < -0.3 is 112 Å². The third-order valence-electron chi connectivity index (χ3n) is 26.0. The number of piperazine rings is 1. The molecule has 0 unspecified atom stereocenters. The van der Waals surface area contributed by atoms with E-state index in [1.54, 1.807) is 94.4 Å². The monoisotopic (exact) mass is 1690 g/mol. The lowest BCUT2D eigenvalue weighted by atomic mass is 9.74. The maximum absolute atomic E-state index is 14.9. The number of aliphatic hydroxyl groups is 7. The predicted molar refractivity (Wildman–Crippen MR) is 450 cm³/mol.